The van der Waals surface area contributed by atoms with Crippen molar-refractivity contribution in [3.8, 4) is 0 Å². The molecule has 1 aliphatic carbocycles. The van der Waals surface area contributed by atoms with Crippen molar-refractivity contribution in [2.45, 2.75) is 77.6 Å². The Morgan fingerprint density at radius 3 is 2.75 bits per heavy atom. The topological polar surface area (TPSA) is 44.8 Å². The molecule has 3 atom stereocenters. The van der Waals surface area contributed by atoms with Gasteiger partial charge in [-0.15, -0.1) is 0 Å². The normalized spacial score (nSPS) is 31.9. The average Bonchev–Trinajstić information content (AvgIpc) is 2.89. The SMILES string of the molecule is CCCCO[C@@H]1C[C@H](OC(=O)C[C@@H]2CCCO2)C1(C)C. The third-order valence-corrected chi connectivity index (χ3v) is 4.60. The Kier molecular flexibility index (Phi) is 5.44. The van der Waals surface area contributed by atoms with Gasteiger partial charge in [-0.2, -0.15) is 0 Å². The standard InChI is InChI=1S/C16H28O4/c1-4-5-8-19-13-11-14(16(13,2)3)20-15(17)10-12-7-6-9-18-12/h12-14H,4-11H2,1-3H3/t12-,13+,14-/m0/s1. The van der Waals surface area contributed by atoms with E-state index in [9.17, 15) is 4.79 Å². The summed E-state index contributed by atoms with van der Waals surface area (Å²) in [7, 11) is 0. The predicted octanol–water partition coefficient (Wildman–Crippen LogP) is 3.08. The molecule has 1 heterocycles. The number of hydrogen-bond donors (Lipinski definition) is 0. The van der Waals surface area contributed by atoms with Crippen molar-refractivity contribution in [2.24, 2.45) is 5.41 Å². The Bertz CT molecular complexity index is 320. The van der Waals surface area contributed by atoms with Gasteiger partial charge in [0.15, 0.2) is 0 Å². The minimum Gasteiger partial charge on any atom is -0.462 e. The monoisotopic (exact) mass is 284 g/mol. The van der Waals surface area contributed by atoms with Crippen LogP contribution in [0.5, 0.6) is 0 Å². The lowest BCUT2D eigenvalue weighted by molar-refractivity contribution is -0.204. The van der Waals surface area contributed by atoms with Crippen LogP contribution in [0.2, 0.25) is 0 Å². The van der Waals surface area contributed by atoms with Gasteiger partial charge in [0.2, 0.25) is 0 Å². The van der Waals surface area contributed by atoms with Crippen molar-refractivity contribution in [2.75, 3.05) is 13.2 Å². The van der Waals surface area contributed by atoms with E-state index in [1.165, 1.54) is 0 Å². The second-order valence-electron chi connectivity index (χ2n) is 6.59. The molecule has 0 bridgehead atoms. The highest BCUT2D eigenvalue weighted by Gasteiger charge is 2.51. The highest BCUT2D eigenvalue weighted by molar-refractivity contribution is 5.70. The first-order valence-corrected chi connectivity index (χ1v) is 7.96. The van der Waals surface area contributed by atoms with Gasteiger partial charge in [0.25, 0.3) is 0 Å². The summed E-state index contributed by atoms with van der Waals surface area (Å²) in [6, 6.07) is 0. The Balaban J connectivity index is 1.70. The number of unbranched alkanes of at least 4 members (excludes halogenated alkanes) is 1. The minimum atomic E-state index is -0.123. The van der Waals surface area contributed by atoms with Gasteiger partial charge in [-0.3, -0.25) is 4.79 Å². The Labute approximate surface area is 122 Å². The zero-order valence-electron chi connectivity index (χ0n) is 13.0. The molecule has 0 amide bonds. The van der Waals surface area contributed by atoms with E-state index in [4.69, 9.17) is 14.2 Å². The van der Waals surface area contributed by atoms with Crippen LogP contribution in [0.15, 0.2) is 0 Å². The van der Waals surface area contributed by atoms with Crippen molar-refractivity contribution < 1.29 is 19.0 Å². The summed E-state index contributed by atoms with van der Waals surface area (Å²) in [5.74, 6) is -0.123. The highest BCUT2D eigenvalue weighted by Crippen LogP contribution is 2.45. The van der Waals surface area contributed by atoms with Crippen molar-refractivity contribution in [1.82, 2.24) is 0 Å². The van der Waals surface area contributed by atoms with Crippen molar-refractivity contribution >= 4 is 5.97 Å². The molecule has 1 aliphatic heterocycles. The number of carbonyl (C=O) groups excluding carboxylic acids is 1. The van der Waals surface area contributed by atoms with Crippen LogP contribution in [0, 0.1) is 5.41 Å². The molecule has 0 N–H and O–H groups in total. The Morgan fingerprint density at radius 2 is 2.15 bits per heavy atom. The summed E-state index contributed by atoms with van der Waals surface area (Å²) in [6.45, 7) is 7.99. The summed E-state index contributed by atoms with van der Waals surface area (Å²) in [5.41, 5.74) is -0.0695. The van der Waals surface area contributed by atoms with Gasteiger partial charge in [0.05, 0.1) is 18.6 Å². The fourth-order valence-corrected chi connectivity index (χ4v) is 2.90. The summed E-state index contributed by atoms with van der Waals surface area (Å²) in [6.07, 6.45) is 5.77. The van der Waals surface area contributed by atoms with Crippen LogP contribution in [-0.2, 0) is 19.0 Å². The number of carbonyl (C=O) groups is 1. The Morgan fingerprint density at radius 1 is 1.35 bits per heavy atom. The minimum absolute atomic E-state index is 0.0111. The molecule has 116 valence electrons. The van der Waals surface area contributed by atoms with Gasteiger partial charge < -0.3 is 14.2 Å². The van der Waals surface area contributed by atoms with Crippen LogP contribution >= 0.6 is 0 Å². The molecule has 0 unspecified atom stereocenters. The third kappa shape index (κ3) is 3.73. The quantitative estimate of drug-likeness (QED) is 0.532. The molecule has 4 heteroatoms. The summed E-state index contributed by atoms with van der Waals surface area (Å²) in [4.78, 5) is 11.9. The Hall–Kier alpha value is -0.610. The van der Waals surface area contributed by atoms with E-state index >= 15 is 0 Å². The van der Waals surface area contributed by atoms with E-state index in [2.05, 4.69) is 20.8 Å². The summed E-state index contributed by atoms with van der Waals surface area (Å²) in [5, 5.41) is 0. The first kappa shape index (κ1) is 15.8. The lowest BCUT2D eigenvalue weighted by atomic mass is 9.66. The van der Waals surface area contributed by atoms with Gasteiger partial charge in [0.1, 0.15) is 6.10 Å². The van der Waals surface area contributed by atoms with E-state index in [1.54, 1.807) is 0 Å². The van der Waals surface area contributed by atoms with Gasteiger partial charge in [-0.1, -0.05) is 27.2 Å². The van der Waals surface area contributed by atoms with Crippen LogP contribution in [0.3, 0.4) is 0 Å². The lowest BCUT2D eigenvalue weighted by Gasteiger charge is -2.50. The second kappa shape index (κ2) is 6.90. The number of esters is 1. The summed E-state index contributed by atoms with van der Waals surface area (Å²) >= 11 is 0. The number of rotatable bonds is 7. The molecule has 2 fully saturated rings. The molecule has 2 aliphatic rings. The van der Waals surface area contributed by atoms with E-state index in [0.717, 1.165) is 45.3 Å². The zero-order valence-corrected chi connectivity index (χ0v) is 13.0. The summed E-state index contributed by atoms with van der Waals surface area (Å²) < 4.78 is 16.9. The van der Waals surface area contributed by atoms with Gasteiger partial charge in [-0.25, -0.2) is 0 Å². The number of hydrogen-bond acceptors (Lipinski definition) is 4. The van der Waals surface area contributed by atoms with Gasteiger partial charge >= 0.3 is 5.97 Å². The van der Waals surface area contributed by atoms with Crippen molar-refractivity contribution in [1.29, 1.82) is 0 Å². The molecule has 0 aromatic heterocycles. The second-order valence-corrected chi connectivity index (χ2v) is 6.59. The molecule has 0 aromatic rings. The molecule has 0 radical (unpaired) electrons. The predicted molar refractivity (Wildman–Crippen MR) is 76.5 cm³/mol. The smallest absolute Gasteiger partial charge is 0.308 e. The molecule has 20 heavy (non-hydrogen) atoms. The molecule has 4 nitrogen and oxygen atoms in total. The number of ether oxygens (including phenoxy) is 3. The molecular weight excluding hydrogens is 256 g/mol. The fourth-order valence-electron chi connectivity index (χ4n) is 2.90. The largest absolute Gasteiger partial charge is 0.462 e. The maximum atomic E-state index is 11.9. The maximum absolute atomic E-state index is 11.9. The lowest BCUT2D eigenvalue weighted by Crippen LogP contribution is -2.56. The van der Waals surface area contributed by atoms with Crippen LogP contribution in [-0.4, -0.2) is 37.5 Å². The highest BCUT2D eigenvalue weighted by atomic mass is 16.6. The van der Waals surface area contributed by atoms with Gasteiger partial charge in [0, 0.05) is 25.0 Å². The zero-order chi connectivity index (χ0) is 14.6. The van der Waals surface area contributed by atoms with Crippen LogP contribution in [0.25, 0.3) is 0 Å². The van der Waals surface area contributed by atoms with Crippen LogP contribution in [0.1, 0.15) is 59.3 Å². The first-order valence-electron chi connectivity index (χ1n) is 7.96. The fraction of sp³-hybridized carbons (Fsp3) is 0.938. The van der Waals surface area contributed by atoms with Crippen LogP contribution < -0.4 is 0 Å². The van der Waals surface area contributed by atoms with E-state index < -0.39 is 0 Å². The van der Waals surface area contributed by atoms with E-state index in [0.29, 0.717) is 6.42 Å². The van der Waals surface area contributed by atoms with Gasteiger partial charge in [-0.05, 0) is 19.3 Å². The van der Waals surface area contributed by atoms with Crippen molar-refractivity contribution in [3.63, 3.8) is 0 Å². The maximum Gasteiger partial charge on any atom is 0.308 e. The average molecular weight is 284 g/mol. The molecule has 1 saturated carbocycles. The van der Waals surface area contributed by atoms with Crippen molar-refractivity contribution in [3.05, 3.63) is 0 Å². The molecular formula is C16H28O4. The molecule has 0 aromatic carbocycles. The molecule has 0 spiro atoms. The molecule has 1 saturated heterocycles. The van der Waals surface area contributed by atoms with E-state index in [-0.39, 0.29) is 29.7 Å². The van der Waals surface area contributed by atoms with Crippen LogP contribution in [0.4, 0.5) is 0 Å². The third-order valence-electron chi connectivity index (χ3n) is 4.60. The van der Waals surface area contributed by atoms with E-state index in [1.807, 2.05) is 0 Å². The molecule has 2 rings (SSSR count). The first-order chi connectivity index (χ1) is 9.54.